The van der Waals surface area contributed by atoms with Crippen LogP contribution >= 0.6 is 0 Å². The molecule has 2 aromatic carbocycles. The highest BCUT2D eigenvalue weighted by molar-refractivity contribution is 5.94. The molecule has 3 heterocycles. The summed E-state index contributed by atoms with van der Waals surface area (Å²) in [6, 6.07) is 25.1. The number of hydrogen-bond acceptors (Lipinski definition) is 4. The summed E-state index contributed by atoms with van der Waals surface area (Å²) in [5, 5.41) is 7.54. The van der Waals surface area contributed by atoms with E-state index in [0.717, 1.165) is 11.3 Å². The van der Waals surface area contributed by atoms with Crippen molar-refractivity contribution in [2.24, 2.45) is 0 Å². The Hall–Kier alpha value is -4.39. The second-order valence-corrected chi connectivity index (χ2v) is 7.50. The smallest absolute Gasteiger partial charge is 0.270 e. The molecule has 0 radical (unpaired) electrons. The quantitative estimate of drug-likeness (QED) is 0.422. The Kier molecular flexibility index (Phi) is 5.59. The molecule has 0 aliphatic carbocycles. The van der Waals surface area contributed by atoms with E-state index >= 15 is 0 Å². The van der Waals surface area contributed by atoms with E-state index in [1.54, 1.807) is 36.5 Å². The van der Waals surface area contributed by atoms with Gasteiger partial charge in [0.2, 0.25) is 0 Å². The fraction of sp³-hybridized carbons (Fsp3) is 0.0769. The normalized spacial score (nSPS) is 10.9. The zero-order valence-electron chi connectivity index (χ0n) is 17.6. The van der Waals surface area contributed by atoms with E-state index in [-0.39, 0.29) is 11.6 Å². The number of aromatic nitrogens is 4. The first-order valence-electron chi connectivity index (χ1n) is 10.6. The number of halogens is 1. The van der Waals surface area contributed by atoms with Crippen LogP contribution in [-0.4, -0.2) is 32.0 Å². The van der Waals surface area contributed by atoms with E-state index in [1.807, 2.05) is 48.5 Å². The highest BCUT2D eigenvalue weighted by atomic mass is 19.1. The maximum Gasteiger partial charge on any atom is 0.270 e. The Bertz CT molecular complexity index is 1420. The molecule has 0 aliphatic rings. The van der Waals surface area contributed by atoms with Gasteiger partial charge in [0.15, 0.2) is 5.65 Å². The van der Waals surface area contributed by atoms with Gasteiger partial charge in [-0.1, -0.05) is 48.5 Å². The zero-order chi connectivity index (χ0) is 22.6. The summed E-state index contributed by atoms with van der Waals surface area (Å²) in [7, 11) is 0. The van der Waals surface area contributed by atoms with Gasteiger partial charge in [-0.05, 0) is 30.3 Å². The third-order valence-electron chi connectivity index (χ3n) is 5.27. The van der Waals surface area contributed by atoms with Crippen LogP contribution in [0.3, 0.4) is 0 Å². The fourth-order valence-corrected chi connectivity index (χ4v) is 3.63. The highest BCUT2D eigenvalue weighted by Gasteiger charge is 2.18. The summed E-state index contributed by atoms with van der Waals surface area (Å²) in [6.07, 6.45) is 2.31. The van der Waals surface area contributed by atoms with Gasteiger partial charge in [-0.2, -0.15) is 5.10 Å². The number of fused-ring (bicyclic) bond motifs is 1. The molecule has 33 heavy (non-hydrogen) atoms. The van der Waals surface area contributed by atoms with Crippen molar-refractivity contribution >= 4 is 11.6 Å². The van der Waals surface area contributed by atoms with Gasteiger partial charge in [-0.3, -0.25) is 9.78 Å². The molecule has 162 valence electrons. The van der Waals surface area contributed by atoms with Crippen molar-refractivity contribution in [2.75, 3.05) is 6.54 Å². The molecule has 0 atom stereocenters. The maximum atomic E-state index is 14.5. The minimum Gasteiger partial charge on any atom is -0.350 e. The first-order chi connectivity index (χ1) is 16.2. The van der Waals surface area contributed by atoms with Crippen molar-refractivity contribution < 1.29 is 9.18 Å². The lowest BCUT2D eigenvalue weighted by Crippen LogP contribution is -2.28. The van der Waals surface area contributed by atoms with E-state index in [4.69, 9.17) is 0 Å². The molecule has 0 fully saturated rings. The van der Waals surface area contributed by atoms with Crippen molar-refractivity contribution in [3.63, 3.8) is 0 Å². The third kappa shape index (κ3) is 4.34. The van der Waals surface area contributed by atoms with Crippen LogP contribution in [0, 0.1) is 5.82 Å². The van der Waals surface area contributed by atoms with Crippen LogP contribution < -0.4 is 5.32 Å². The molecule has 1 N–H and O–H groups in total. The predicted molar refractivity (Wildman–Crippen MR) is 124 cm³/mol. The number of carbonyl (C=O) groups excluding carboxylic acids is 1. The lowest BCUT2D eigenvalue weighted by Gasteiger charge is -2.09. The maximum absolute atomic E-state index is 14.5. The summed E-state index contributed by atoms with van der Waals surface area (Å²) in [5.41, 5.74) is 3.90. The number of hydrogen-bond donors (Lipinski definition) is 1. The summed E-state index contributed by atoms with van der Waals surface area (Å²) >= 11 is 0. The van der Waals surface area contributed by atoms with Gasteiger partial charge in [0.25, 0.3) is 5.91 Å². The van der Waals surface area contributed by atoms with Gasteiger partial charge in [-0.25, -0.2) is 13.9 Å². The van der Waals surface area contributed by atoms with Gasteiger partial charge in [0.05, 0.1) is 11.4 Å². The van der Waals surface area contributed by atoms with Crippen molar-refractivity contribution in [2.45, 2.75) is 6.42 Å². The SMILES string of the molecule is O=C(NCCc1ccccn1)c1cc(-c2ccccc2F)nc2cc(-c3ccccc3)nn12. The summed E-state index contributed by atoms with van der Waals surface area (Å²) in [6.45, 7) is 0.404. The molecule has 0 bridgehead atoms. The average molecular weight is 437 g/mol. The van der Waals surface area contributed by atoms with Crippen molar-refractivity contribution in [1.82, 2.24) is 24.9 Å². The van der Waals surface area contributed by atoms with Crippen LogP contribution in [0.15, 0.2) is 91.1 Å². The Morgan fingerprint density at radius 2 is 1.70 bits per heavy atom. The highest BCUT2D eigenvalue weighted by Crippen LogP contribution is 2.25. The number of carbonyl (C=O) groups is 1. The van der Waals surface area contributed by atoms with Crippen molar-refractivity contribution in [3.05, 3.63) is 108 Å². The first kappa shape index (κ1) is 20.5. The van der Waals surface area contributed by atoms with E-state index in [9.17, 15) is 9.18 Å². The Balaban J connectivity index is 1.53. The van der Waals surface area contributed by atoms with Gasteiger partial charge in [0, 0.05) is 42.0 Å². The fourth-order valence-electron chi connectivity index (χ4n) is 3.63. The second-order valence-electron chi connectivity index (χ2n) is 7.50. The molecule has 0 saturated carbocycles. The van der Waals surface area contributed by atoms with E-state index in [0.29, 0.717) is 35.6 Å². The molecular formula is C26H20FN5O. The molecule has 6 nitrogen and oxygen atoms in total. The standard InChI is InChI=1S/C26H20FN5O/c27-21-12-5-4-11-20(21)23-16-24(26(33)29-15-13-19-10-6-7-14-28-19)32-25(30-23)17-22(31-32)18-8-2-1-3-9-18/h1-12,14,16-17H,13,15H2,(H,29,33). The largest absolute Gasteiger partial charge is 0.350 e. The number of rotatable bonds is 6. The third-order valence-corrected chi connectivity index (χ3v) is 5.27. The Labute approximate surface area is 189 Å². The minimum atomic E-state index is -0.404. The monoisotopic (exact) mass is 437 g/mol. The molecule has 3 aromatic heterocycles. The van der Waals surface area contributed by atoms with Gasteiger partial charge in [-0.15, -0.1) is 0 Å². The second kappa shape index (κ2) is 9.00. The molecule has 1 amide bonds. The number of nitrogens with one attached hydrogen (secondary N) is 1. The van der Waals surface area contributed by atoms with Gasteiger partial charge >= 0.3 is 0 Å². The van der Waals surface area contributed by atoms with Gasteiger partial charge < -0.3 is 5.32 Å². The zero-order valence-corrected chi connectivity index (χ0v) is 17.6. The number of amides is 1. The van der Waals surface area contributed by atoms with Crippen molar-refractivity contribution in [3.8, 4) is 22.5 Å². The summed E-state index contributed by atoms with van der Waals surface area (Å²) < 4.78 is 16.0. The van der Waals surface area contributed by atoms with Crippen LogP contribution in [0.5, 0.6) is 0 Å². The minimum absolute atomic E-state index is 0.279. The molecule has 7 heteroatoms. The predicted octanol–water partition coefficient (Wildman–Crippen LogP) is 4.57. The number of nitrogens with zero attached hydrogens (tertiary/aromatic N) is 4. The van der Waals surface area contributed by atoms with Gasteiger partial charge in [0.1, 0.15) is 11.5 Å². The molecule has 0 spiro atoms. The molecular weight excluding hydrogens is 417 g/mol. The lowest BCUT2D eigenvalue weighted by atomic mass is 10.1. The van der Waals surface area contributed by atoms with E-state index < -0.39 is 5.82 Å². The van der Waals surface area contributed by atoms with Crippen LogP contribution in [0.1, 0.15) is 16.2 Å². The van der Waals surface area contributed by atoms with Crippen LogP contribution in [0.25, 0.3) is 28.2 Å². The summed E-state index contributed by atoms with van der Waals surface area (Å²) in [5.74, 6) is -0.725. The molecule has 0 aliphatic heterocycles. The van der Waals surface area contributed by atoms with Crippen LogP contribution in [0.4, 0.5) is 4.39 Å². The Morgan fingerprint density at radius 3 is 2.48 bits per heavy atom. The van der Waals surface area contributed by atoms with E-state index in [1.165, 1.54) is 10.6 Å². The van der Waals surface area contributed by atoms with Crippen LogP contribution in [0.2, 0.25) is 0 Å². The molecule has 0 saturated heterocycles. The number of pyridine rings is 1. The van der Waals surface area contributed by atoms with Crippen LogP contribution in [-0.2, 0) is 6.42 Å². The molecule has 0 unspecified atom stereocenters. The van der Waals surface area contributed by atoms with E-state index in [2.05, 4.69) is 20.4 Å². The summed E-state index contributed by atoms with van der Waals surface area (Å²) in [4.78, 5) is 22.0. The topological polar surface area (TPSA) is 72.2 Å². The lowest BCUT2D eigenvalue weighted by molar-refractivity contribution is 0.0946. The Morgan fingerprint density at radius 1 is 0.909 bits per heavy atom. The average Bonchev–Trinajstić information content (AvgIpc) is 3.29. The first-order valence-corrected chi connectivity index (χ1v) is 10.6. The number of benzene rings is 2. The molecule has 5 rings (SSSR count). The molecule has 5 aromatic rings. The van der Waals surface area contributed by atoms with Crippen molar-refractivity contribution in [1.29, 1.82) is 0 Å².